The van der Waals surface area contributed by atoms with Crippen molar-refractivity contribution in [2.45, 2.75) is 6.10 Å². The molecule has 1 unspecified atom stereocenters. The zero-order chi connectivity index (χ0) is 15.1. The first-order chi connectivity index (χ1) is 9.95. The second-order valence-electron chi connectivity index (χ2n) is 4.53. The van der Waals surface area contributed by atoms with Crippen molar-refractivity contribution in [3.8, 4) is 0 Å². The summed E-state index contributed by atoms with van der Waals surface area (Å²) < 4.78 is 44.7. The SMILES string of the molecule is OC(c1cc(F)c(F)c(F)c1)c1cc2cc(Cl)ccc2o1. The molecule has 6 heteroatoms. The van der Waals surface area contributed by atoms with E-state index in [1.807, 2.05) is 0 Å². The lowest BCUT2D eigenvalue weighted by Gasteiger charge is -2.08. The van der Waals surface area contributed by atoms with Crippen LogP contribution in [0.1, 0.15) is 17.4 Å². The maximum Gasteiger partial charge on any atom is 0.194 e. The highest BCUT2D eigenvalue weighted by Crippen LogP contribution is 2.30. The summed E-state index contributed by atoms with van der Waals surface area (Å²) >= 11 is 5.84. The molecule has 0 radical (unpaired) electrons. The van der Waals surface area contributed by atoms with Crippen LogP contribution < -0.4 is 0 Å². The van der Waals surface area contributed by atoms with Gasteiger partial charge in [0.2, 0.25) is 0 Å². The van der Waals surface area contributed by atoms with E-state index in [-0.39, 0.29) is 11.3 Å². The van der Waals surface area contributed by atoms with E-state index in [0.29, 0.717) is 16.0 Å². The van der Waals surface area contributed by atoms with Gasteiger partial charge in [-0.3, -0.25) is 0 Å². The minimum absolute atomic E-state index is 0.0812. The lowest BCUT2D eigenvalue weighted by Crippen LogP contribution is -2.02. The molecule has 1 N–H and O–H groups in total. The minimum Gasteiger partial charge on any atom is -0.458 e. The number of rotatable bonds is 2. The Labute approximate surface area is 122 Å². The van der Waals surface area contributed by atoms with Gasteiger partial charge in [-0.15, -0.1) is 0 Å². The molecule has 0 aliphatic carbocycles. The van der Waals surface area contributed by atoms with Crippen LogP contribution in [0, 0.1) is 17.5 Å². The zero-order valence-electron chi connectivity index (χ0n) is 10.4. The summed E-state index contributed by atoms with van der Waals surface area (Å²) in [6, 6.07) is 7.81. The van der Waals surface area contributed by atoms with E-state index in [1.54, 1.807) is 18.2 Å². The highest BCUT2D eigenvalue weighted by molar-refractivity contribution is 6.31. The van der Waals surface area contributed by atoms with Gasteiger partial charge in [0, 0.05) is 10.4 Å². The number of fused-ring (bicyclic) bond motifs is 1. The van der Waals surface area contributed by atoms with Crippen LogP contribution in [0.25, 0.3) is 11.0 Å². The van der Waals surface area contributed by atoms with Gasteiger partial charge in [0.15, 0.2) is 17.5 Å². The molecule has 0 aliphatic rings. The third kappa shape index (κ3) is 2.50. The van der Waals surface area contributed by atoms with Crippen molar-refractivity contribution in [1.29, 1.82) is 0 Å². The van der Waals surface area contributed by atoms with E-state index in [2.05, 4.69) is 0 Å². The summed E-state index contributed by atoms with van der Waals surface area (Å²) in [5.74, 6) is -4.24. The van der Waals surface area contributed by atoms with Crippen LogP contribution in [0.3, 0.4) is 0 Å². The number of hydrogen-bond donors (Lipinski definition) is 1. The fraction of sp³-hybridized carbons (Fsp3) is 0.0667. The Balaban J connectivity index is 2.05. The molecule has 3 aromatic rings. The number of aliphatic hydroxyl groups is 1. The summed E-state index contributed by atoms with van der Waals surface area (Å²) in [6.07, 6.45) is -1.42. The summed E-state index contributed by atoms with van der Waals surface area (Å²) in [6.45, 7) is 0. The second-order valence-corrected chi connectivity index (χ2v) is 4.97. The normalized spacial score (nSPS) is 12.8. The van der Waals surface area contributed by atoms with Gasteiger partial charge in [-0.05, 0) is 42.0 Å². The average molecular weight is 313 g/mol. The Kier molecular flexibility index (Phi) is 3.39. The smallest absolute Gasteiger partial charge is 0.194 e. The zero-order valence-corrected chi connectivity index (χ0v) is 11.2. The molecule has 0 amide bonds. The molecule has 0 fully saturated rings. The van der Waals surface area contributed by atoms with Crippen LogP contribution >= 0.6 is 11.6 Å². The van der Waals surface area contributed by atoms with Gasteiger partial charge >= 0.3 is 0 Å². The van der Waals surface area contributed by atoms with E-state index in [9.17, 15) is 18.3 Å². The largest absolute Gasteiger partial charge is 0.458 e. The van der Waals surface area contributed by atoms with Crippen molar-refractivity contribution in [3.63, 3.8) is 0 Å². The minimum atomic E-state index is -1.58. The first-order valence-corrected chi connectivity index (χ1v) is 6.35. The van der Waals surface area contributed by atoms with E-state index in [0.717, 1.165) is 12.1 Å². The molecule has 0 bridgehead atoms. The van der Waals surface area contributed by atoms with Gasteiger partial charge in [0.1, 0.15) is 17.4 Å². The fourth-order valence-corrected chi connectivity index (χ4v) is 2.25. The highest BCUT2D eigenvalue weighted by Gasteiger charge is 2.20. The maximum absolute atomic E-state index is 13.2. The topological polar surface area (TPSA) is 33.4 Å². The van der Waals surface area contributed by atoms with Gasteiger partial charge in [-0.2, -0.15) is 0 Å². The molecule has 2 nitrogen and oxygen atoms in total. The number of benzene rings is 2. The van der Waals surface area contributed by atoms with Crippen LogP contribution in [0.2, 0.25) is 5.02 Å². The Morgan fingerprint density at radius 3 is 2.33 bits per heavy atom. The number of furan rings is 1. The Morgan fingerprint density at radius 1 is 1.00 bits per heavy atom. The Hall–Kier alpha value is -1.98. The predicted octanol–water partition coefficient (Wildman–Crippen LogP) is 4.59. The van der Waals surface area contributed by atoms with Crippen molar-refractivity contribution in [3.05, 3.63) is 70.2 Å². The predicted molar refractivity (Wildman–Crippen MR) is 71.6 cm³/mol. The summed E-state index contributed by atoms with van der Waals surface area (Å²) in [5, 5.41) is 11.2. The number of aliphatic hydroxyl groups excluding tert-OH is 1. The molecule has 108 valence electrons. The summed E-state index contributed by atoms with van der Waals surface area (Å²) in [4.78, 5) is 0. The summed E-state index contributed by atoms with van der Waals surface area (Å²) in [5.41, 5.74) is 0.327. The quantitative estimate of drug-likeness (QED) is 0.702. The molecule has 2 aromatic carbocycles. The van der Waals surface area contributed by atoms with Crippen molar-refractivity contribution in [1.82, 2.24) is 0 Å². The molecule has 1 aromatic heterocycles. The second kappa shape index (κ2) is 5.09. The van der Waals surface area contributed by atoms with Crippen molar-refractivity contribution in [2.75, 3.05) is 0 Å². The third-order valence-corrected chi connectivity index (χ3v) is 3.32. The molecular formula is C15H8ClF3O2. The summed E-state index contributed by atoms with van der Waals surface area (Å²) in [7, 11) is 0. The number of hydrogen-bond acceptors (Lipinski definition) is 2. The monoisotopic (exact) mass is 312 g/mol. The van der Waals surface area contributed by atoms with Gasteiger partial charge in [0.25, 0.3) is 0 Å². The lowest BCUT2D eigenvalue weighted by molar-refractivity contribution is 0.191. The van der Waals surface area contributed by atoms with Crippen LogP contribution in [0.5, 0.6) is 0 Å². The fourth-order valence-electron chi connectivity index (χ4n) is 2.07. The van der Waals surface area contributed by atoms with E-state index < -0.39 is 23.6 Å². The van der Waals surface area contributed by atoms with Crippen molar-refractivity contribution in [2.24, 2.45) is 0 Å². The van der Waals surface area contributed by atoms with Crippen LogP contribution in [-0.2, 0) is 0 Å². The van der Waals surface area contributed by atoms with E-state index >= 15 is 0 Å². The van der Waals surface area contributed by atoms with Crippen molar-refractivity contribution >= 4 is 22.6 Å². The molecule has 1 heterocycles. The standard InChI is InChI=1S/C15H8ClF3O2/c16-9-1-2-12-7(3-9)6-13(21-12)15(20)8-4-10(17)14(19)11(18)5-8/h1-6,15,20H. The van der Waals surface area contributed by atoms with Crippen LogP contribution in [0.15, 0.2) is 40.8 Å². The maximum atomic E-state index is 13.2. The first-order valence-electron chi connectivity index (χ1n) is 5.97. The van der Waals surface area contributed by atoms with Gasteiger partial charge in [-0.1, -0.05) is 11.6 Å². The average Bonchev–Trinajstić information content (AvgIpc) is 2.86. The molecule has 0 saturated carbocycles. The molecule has 0 spiro atoms. The lowest BCUT2D eigenvalue weighted by atomic mass is 10.1. The third-order valence-electron chi connectivity index (χ3n) is 3.09. The van der Waals surface area contributed by atoms with Crippen LogP contribution in [0.4, 0.5) is 13.2 Å². The molecule has 21 heavy (non-hydrogen) atoms. The van der Waals surface area contributed by atoms with E-state index in [4.69, 9.17) is 16.0 Å². The van der Waals surface area contributed by atoms with Gasteiger partial charge < -0.3 is 9.52 Å². The van der Waals surface area contributed by atoms with Crippen LogP contribution in [-0.4, -0.2) is 5.11 Å². The molecule has 3 rings (SSSR count). The van der Waals surface area contributed by atoms with Gasteiger partial charge in [0.05, 0.1) is 0 Å². The van der Waals surface area contributed by atoms with E-state index in [1.165, 1.54) is 6.07 Å². The molecular weight excluding hydrogens is 305 g/mol. The molecule has 1 atom stereocenters. The Morgan fingerprint density at radius 2 is 1.67 bits per heavy atom. The highest BCUT2D eigenvalue weighted by atomic mass is 35.5. The van der Waals surface area contributed by atoms with Crippen molar-refractivity contribution < 1.29 is 22.7 Å². The molecule has 0 aliphatic heterocycles. The van der Waals surface area contributed by atoms with Gasteiger partial charge in [-0.25, -0.2) is 13.2 Å². The Bertz CT molecular complexity index is 806. The first kappa shape index (κ1) is 14.0. The molecule has 0 saturated heterocycles. The number of halogens is 4.